The number of carbonyl (C=O) groups is 2. The number of ether oxygens (including phenoxy) is 2. The number of fused-ring (bicyclic) bond motifs is 1. The Kier molecular flexibility index (Phi) is 7.81. The Morgan fingerprint density at radius 2 is 1.71 bits per heavy atom. The molecule has 7 nitrogen and oxygen atoms in total. The number of cyclic esters (lactones) is 1. The van der Waals surface area contributed by atoms with Gasteiger partial charge in [0.15, 0.2) is 5.60 Å². The van der Waals surface area contributed by atoms with E-state index in [1.165, 1.54) is 19.9 Å². The lowest BCUT2D eigenvalue weighted by Crippen LogP contribution is -2.36. The Morgan fingerprint density at radius 3 is 2.29 bits per heavy atom. The zero-order chi connectivity index (χ0) is 26.0. The highest BCUT2D eigenvalue weighted by Crippen LogP contribution is 2.40. The molecule has 0 unspecified atom stereocenters. The number of hydrogen-bond donors (Lipinski definition) is 0. The Morgan fingerprint density at radius 1 is 1.03 bits per heavy atom. The van der Waals surface area contributed by atoms with Gasteiger partial charge in [-0.3, -0.25) is 4.79 Å². The molecule has 0 bridgehead atoms. The van der Waals surface area contributed by atoms with E-state index in [4.69, 9.17) is 13.9 Å². The first-order valence-electron chi connectivity index (χ1n) is 11.8. The number of benzene rings is 1. The molecule has 0 saturated carbocycles. The quantitative estimate of drug-likeness (QED) is 0.312. The van der Waals surface area contributed by atoms with Crippen LogP contribution < -0.4 is 10.4 Å². The number of rotatable bonds is 10. The van der Waals surface area contributed by atoms with E-state index in [1.807, 2.05) is 13.8 Å². The predicted molar refractivity (Wildman–Crippen MR) is 122 cm³/mol. The Balaban J connectivity index is 1.86. The van der Waals surface area contributed by atoms with Gasteiger partial charge in [0.25, 0.3) is 5.91 Å². The second-order valence-electron chi connectivity index (χ2n) is 9.09. The molecule has 2 aromatic rings. The standard InChI is InChI=1S/C25H30F3NO6/c1-5-9-15-13-17-18(25(26,27)28)14-19(30)34-21(17)16(10-6-2)20(15)33-12-8-7-11-29-22(31)24(3,4)35-23(29)32/h13-14H,5-12H2,1-4H3. The van der Waals surface area contributed by atoms with E-state index < -0.39 is 35.0 Å². The summed E-state index contributed by atoms with van der Waals surface area (Å²) in [6, 6.07) is 1.89. The Labute approximate surface area is 201 Å². The van der Waals surface area contributed by atoms with Crippen molar-refractivity contribution >= 4 is 23.0 Å². The number of carbonyl (C=O) groups excluding carboxylic acids is 2. The summed E-state index contributed by atoms with van der Waals surface area (Å²) in [4.78, 5) is 37.2. The second kappa shape index (κ2) is 10.3. The van der Waals surface area contributed by atoms with Crippen molar-refractivity contribution in [3.8, 4) is 5.75 Å². The fraction of sp³-hybridized carbons (Fsp3) is 0.560. The van der Waals surface area contributed by atoms with E-state index in [1.54, 1.807) is 0 Å². The summed E-state index contributed by atoms with van der Waals surface area (Å²) in [5.41, 5.74) is -2.31. The van der Waals surface area contributed by atoms with Crippen LogP contribution in [0, 0.1) is 0 Å². The normalized spacial score (nSPS) is 15.7. The second-order valence-corrected chi connectivity index (χ2v) is 9.09. The van der Waals surface area contributed by atoms with E-state index in [2.05, 4.69) is 0 Å². The highest BCUT2D eigenvalue weighted by Gasteiger charge is 2.46. The van der Waals surface area contributed by atoms with Gasteiger partial charge in [-0.05, 0) is 51.2 Å². The van der Waals surface area contributed by atoms with Gasteiger partial charge >= 0.3 is 17.9 Å². The number of aryl methyl sites for hydroxylation is 2. The predicted octanol–water partition coefficient (Wildman–Crippen LogP) is 5.63. The van der Waals surface area contributed by atoms with Crippen molar-refractivity contribution in [3.63, 3.8) is 0 Å². The maximum Gasteiger partial charge on any atom is 0.417 e. The molecule has 1 aliphatic heterocycles. The van der Waals surface area contributed by atoms with Crippen molar-refractivity contribution in [1.82, 2.24) is 4.90 Å². The van der Waals surface area contributed by atoms with Crippen molar-refractivity contribution in [1.29, 1.82) is 0 Å². The van der Waals surface area contributed by atoms with Crippen molar-refractivity contribution < 1.29 is 36.7 Å². The molecule has 10 heteroatoms. The minimum absolute atomic E-state index is 0.103. The van der Waals surface area contributed by atoms with Crippen molar-refractivity contribution in [2.45, 2.75) is 78.0 Å². The van der Waals surface area contributed by atoms with Crippen LogP contribution in [0.25, 0.3) is 11.0 Å². The minimum Gasteiger partial charge on any atom is -0.493 e. The Bertz CT molecular complexity index is 1170. The SMILES string of the molecule is CCCc1cc2c(C(F)(F)F)cc(=O)oc2c(CCC)c1OCCCCN1C(=O)OC(C)(C)C1=O. The number of alkyl halides is 3. The molecule has 2 heterocycles. The summed E-state index contributed by atoms with van der Waals surface area (Å²) in [7, 11) is 0. The molecule has 0 atom stereocenters. The van der Waals surface area contributed by atoms with Gasteiger partial charge in [0.05, 0.1) is 12.2 Å². The van der Waals surface area contributed by atoms with Crippen LogP contribution in [0.4, 0.5) is 18.0 Å². The van der Waals surface area contributed by atoms with Gasteiger partial charge in [-0.2, -0.15) is 13.2 Å². The molecule has 1 aromatic heterocycles. The number of nitrogens with zero attached hydrogens (tertiary/aromatic N) is 1. The largest absolute Gasteiger partial charge is 0.493 e. The molecule has 1 saturated heterocycles. The van der Waals surface area contributed by atoms with Crippen LogP contribution in [-0.4, -0.2) is 35.7 Å². The molecule has 1 aromatic carbocycles. The molecule has 3 rings (SSSR count). The van der Waals surface area contributed by atoms with Crippen LogP contribution in [0.5, 0.6) is 5.75 Å². The molecular formula is C25H30F3NO6. The van der Waals surface area contributed by atoms with Gasteiger partial charge in [0.1, 0.15) is 11.3 Å². The number of hydrogen-bond acceptors (Lipinski definition) is 6. The Hall–Kier alpha value is -3.04. The maximum absolute atomic E-state index is 13.7. The average Bonchev–Trinajstić information content (AvgIpc) is 2.95. The molecule has 35 heavy (non-hydrogen) atoms. The third-order valence-electron chi connectivity index (χ3n) is 5.83. The molecule has 2 amide bonds. The molecular weight excluding hydrogens is 467 g/mol. The highest BCUT2D eigenvalue weighted by atomic mass is 19.4. The first-order chi connectivity index (χ1) is 16.4. The van der Waals surface area contributed by atoms with E-state index in [9.17, 15) is 27.6 Å². The van der Waals surface area contributed by atoms with E-state index in [0.29, 0.717) is 61.5 Å². The van der Waals surface area contributed by atoms with Gasteiger partial charge in [-0.25, -0.2) is 14.5 Å². The molecule has 192 valence electrons. The molecule has 0 aliphatic carbocycles. The molecule has 0 spiro atoms. The van der Waals surface area contributed by atoms with Crippen LogP contribution in [0.15, 0.2) is 21.3 Å². The summed E-state index contributed by atoms with van der Waals surface area (Å²) >= 11 is 0. The van der Waals surface area contributed by atoms with Gasteiger partial charge < -0.3 is 13.9 Å². The highest BCUT2D eigenvalue weighted by molar-refractivity contribution is 6.02. The summed E-state index contributed by atoms with van der Waals surface area (Å²) < 4.78 is 57.4. The van der Waals surface area contributed by atoms with Crippen molar-refractivity contribution in [2.75, 3.05) is 13.2 Å². The lowest BCUT2D eigenvalue weighted by Gasteiger charge is -2.19. The van der Waals surface area contributed by atoms with Crippen LogP contribution >= 0.6 is 0 Å². The minimum atomic E-state index is -4.70. The third kappa shape index (κ3) is 5.62. The fourth-order valence-corrected chi connectivity index (χ4v) is 4.22. The molecule has 0 N–H and O–H groups in total. The summed E-state index contributed by atoms with van der Waals surface area (Å²) in [5, 5.41) is -0.148. The number of imide groups is 1. The fourth-order valence-electron chi connectivity index (χ4n) is 4.22. The number of halogens is 3. The topological polar surface area (TPSA) is 86.1 Å². The van der Waals surface area contributed by atoms with E-state index in [0.717, 1.165) is 4.90 Å². The van der Waals surface area contributed by atoms with Crippen LogP contribution in [0.2, 0.25) is 0 Å². The zero-order valence-electron chi connectivity index (χ0n) is 20.3. The summed E-state index contributed by atoms with van der Waals surface area (Å²) in [6.45, 7) is 7.24. The van der Waals surface area contributed by atoms with Crippen molar-refractivity contribution in [3.05, 3.63) is 39.2 Å². The van der Waals surface area contributed by atoms with E-state index >= 15 is 0 Å². The lowest BCUT2D eigenvalue weighted by atomic mass is 9.96. The van der Waals surface area contributed by atoms with Crippen LogP contribution in [-0.2, 0) is 28.5 Å². The number of amides is 2. The van der Waals surface area contributed by atoms with Gasteiger partial charge in [0, 0.05) is 23.6 Å². The maximum atomic E-state index is 13.7. The molecule has 0 radical (unpaired) electrons. The number of unbranched alkanes of at least 4 members (excludes halogenated alkanes) is 1. The molecule has 1 aliphatic rings. The van der Waals surface area contributed by atoms with Crippen LogP contribution in [0.1, 0.15) is 70.1 Å². The molecule has 1 fully saturated rings. The average molecular weight is 498 g/mol. The lowest BCUT2D eigenvalue weighted by molar-refractivity contribution is -0.136. The van der Waals surface area contributed by atoms with Gasteiger partial charge in [0.2, 0.25) is 0 Å². The summed E-state index contributed by atoms with van der Waals surface area (Å²) in [5.74, 6) is 0.0328. The first kappa shape index (κ1) is 26.6. The third-order valence-corrected chi connectivity index (χ3v) is 5.83. The van der Waals surface area contributed by atoms with Gasteiger partial charge in [-0.15, -0.1) is 0 Å². The zero-order valence-corrected chi connectivity index (χ0v) is 20.3. The smallest absolute Gasteiger partial charge is 0.417 e. The van der Waals surface area contributed by atoms with Crippen LogP contribution in [0.3, 0.4) is 0 Å². The van der Waals surface area contributed by atoms with E-state index in [-0.39, 0.29) is 24.1 Å². The van der Waals surface area contributed by atoms with Crippen molar-refractivity contribution in [2.24, 2.45) is 0 Å². The monoisotopic (exact) mass is 497 g/mol. The summed E-state index contributed by atoms with van der Waals surface area (Å²) in [6.07, 6.45) is -2.29. The first-order valence-corrected chi connectivity index (χ1v) is 11.8. The van der Waals surface area contributed by atoms with Gasteiger partial charge in [-0.1, -0.05) is 26.7 Å².